The highest BCUT2D eigenvalue weighted by atomic mass is 16.5. The van der Waals surface area contributed by atoms with E-state index in [4.69, 9.17) is 9.72 Å². The van der Waals surface area contributed by atoms with Crippen LogP contribution < -0.4 is 5.32 Å². The van der Waals surface area contributed by atoms with Crippen molar-refractivity contribution in [3.05, 3.63) is 17.6 Å². The molecule has 2 rings (SSSR count). The van der Waals surface area contributed by atoms with Gasteiger partial charge in [0, 0.05) is 31.1 Å². The van der Waals surface area contributed by atoms with Gasteiger partial charge in [0.15, 0.2) is 0 Å². The van der Waals surface area contributed by atoms with Gasteiger partial charge in [-0.3, -0.25) is 0 Å². The molecule has 1 atom stereocenters. The molecule has 1 aromatic rings. The van der Waals surface area contributed by atoms with Crippen LogP contribution in [0.25, 0.3) is 0 Å². The molecular formula is C15H25N3O. The van der Waals surface area contributed by atoms with Gasteiger partial charge in [-0.05, 0) is 19.8 Å². The molecule has 1 aliphatic rings. The summed E-state index contributed by atoms with van der Waals surface area (Å²) >= 11 is 0. The van der Waals surface area contributed by atoms with Gasteiger partial charge in [0.25, 0.3) is 0 Å². The fourth-order valence-corrected chi connectivity index (χ4v) is 2.25. The van der Waals surface area contributed by atoms with Crippen LogP contribution in [0, 0.1) is 0 Å². The van der Waals surface area contributed by atoms with Crippen LogP contribution in [0.15, 0.2) is 6.07 Å². The second-order valence-corrected chi connectivity index (χ2v) is 6.17. The van der Waals surface area contributed by atoms with E-state index in [1.54, 1.807) is 0 Å². The van der Waals surface area contributed by atoms with Crippen LogP contribution in [-0.2, 0) is 16.6 Å². The molecule has 0 spiro atoms. The van der Waals surface area contributed by atoms with Gasteiger partial charge in [0.05, 0.1) is 11.8 Å². The highest BCUT2D eigenvalue weighted by Gasteiger charge is 2.21. The molecule has 19 heavy (non-hydrogen) atoms. The van der Waals surface area contributed by atoms with Crippen LogP contribution in [0.3, 0.4) is 0 Å². The molecule has 1 fully saturated rings. The van der Waals surface area contributed by atoms with Gasteiger partial charge in [0.2, 0.25) is 0 Å². The molecule has 4 nitrogen and oxygen atoms in total. The summed E-state index contributed by atoms with van der Waals surface area (Å²) in [7, 11) is 0. The van der Waals surface area contributed by atoms with Crippen molar-refractivity contribution >= 4 is 5.82 Å². The lowest BCUT2D eigenvalue weighted by Crippen LogP contribution is -2.19. The summed E-state index contributed by atoms with van der Waals surface area (Å²) < 4.78 is 5.68. The normalized spacial score (nSPS) is 19.7. The largest absolute Gasteiger partial charge is 0.378 e. The van der Waals surface area contributed by atoms with Crippen molar-refractivity contribution in [1.82, 2.24) is 9.97 Å². The standard InChI is InChI=1S/C15H25N3O/c1-5-16-13-10-12(15(2,3)4)17-14(18-13)9-11-7-6-8-19-11/h10-11H,5-9H2,1-4H3,(H,16,17,18). The fourth-order valence-electron chi connectivity index (χ4n) is 2.25. The first kappa shape index (κ1) is 14.3. The van der Waals surface area contributed by atoms with E-state index < -0.39 is 0 Å². The fraction of sp³-hybridized carbons (Fsp3) is 0.733. The van der Waals surface area contributed by atoms with Gasteiger partial charge in [-0.2, -0.15) is 0 Å². The lowest BCUT2D eigenvalue weighted by atomic mass is 9.92. The zero-order valence-electron chi connectivity index (χ0n) is 12.5. The van der Waals surface area contributed by atoms with Crippen LogP contribution in [-0.4, -0.2) is 29.2 Å². The first-order valence-electron chi connectivity index (χ1n) is 7.23. The molecule has 1 aromatic heterocycles. The molecule has 1 unspecified atom stereocenters. The van der Waals surface area contributed by atoms with Crippen LogP contribution >= 0.6 is 0 Å². The van der Waals surface area contributed by atoms with E-state index in [0.717, 1.165) is 49.8 Å². The van der Waals surface area contributed by atoms with Crippen molar-refractivity contribution in [2.45, 2.75) is 58.5 Å². The van der Waals surface area contributed by atoms with Crippen molar-refractivity contribution in [2.75, 3.05) is 18.5 Å². The summed E-state index contributed by atoms with van der Waals surface area (Å²) in [6.07, 6.45) is 3.40. The topological polar surface area (TPSA) is 47.0 Å². The predicted octanol–water partition coefficient (Wildman–Crippen LogP) is 2.93. The minimum atomic E-state index is 0.0401. The summed E-state index contributed by atoms with van der Waals surface area (Å²) in [5, 5.41) is 3.29. The molecule has 0 bridgehead atoms. The smallest absolute Gasteiger partial charge is 0.133 e. The molecule has 4 heteroatoms. The summed E-state index contributed by atoms with van der Waals surface area (Å²) in [5.74, 6) is 1.82. The van der Waals surface area contributed by atoms with E-state index in [9.17, 15) is 0 Å². The van der Waals surface area contributed by atoms with E-state index in [1.807, 2.05) is 0 Å². The first-order valence-corrected chi connectivity index (χ1v) is 7.23. The molecule has 1 saturated heterocycles. The number of ether oxygens (including phenoxy) is 1. The maximum atomic E-state index is 5.68. The average Bonchev–Trinajstić information content (AvgIpc) is 2.81. The molecule has 0 aliphatic carbocycles. The molecule has 0 radical (unpaired) electrons. The Morgan fingerprint density at radius 1 is 1.37 bits per heavy atom. The minimum Gasteiger partial charge on any atom is -0.378 e. The maximum Gasteiger partial charge on any atom is 0.133 e. The molecule has 1 N–H and O–H groups in total. The lowest BCUT2D eigenvalue weighted by molar-refractivity contribution is 0.110. The van der Waals surface area contributed by atoms with Gasteiger partial charge >= 0.3 is 0 Å². The van der Waals surface area contributed by atoms with Crippen LogP contribution in [0.2, 0.25) is 0 Å². The third kappa shape index (κ3) is 3.90. The van der Waals surface area contributed by atoms with Crippen molar-refractivity contribution in [3.8, 4) is 0 Å². The monoisotopic (exact) mass is 263 g/mol. The predicted molar refractivity (Wildman–Crippen MR) is 77.6 cm³/mol. The Kier molecular flexibility index (Phi) is 4.40. The van der Waals surface area contributed by atoms with Gasteiger partial charge in [-0.1, -0.05) is 20.8 Å². The Morgan fingerprint density at radius 2 is 2.16 bits per heavy atom. The molecule has 0 aromatic carbocycles. The van der Waals surface area contributed by atoms with Crippen LogP contribution in [0.5, 0.6) is 0 Å². The number of hydrogen-bond acceptors (Lipinski definition) is 4. The highest BCUT2D eigenvalue weighted by Crippen LogP contribution is 2.23. The summed E-state index contributed by atoms with van der Waals surface area (Å²) in [6, 6.07) is 2.06. The Balaban J connectivity index is 2.22. The van der Waals surface area contributed by atoms with Crippen molar-refractivity contribution in [3.63, 3.8) is 0 Å². The second kappa shape index (κ2) is 5.87. The average molecular weight is 263 g/mol. The van der Waals surface area contributed by atoms with E-state index in [-0.39, 0.29) is 5.41 Å². The van der Waals surface area contributed by atoms with Crippen molar-refractivity contribution in [1.29, 1.82) is 0 Å². The SMILES string of the molecule is CCNc1cc(C(C)(C)C)nc(CC2CCCO2)n1. The van der Waals surface area contributed by atoms with Gasteiger partial charge in [0.1, 0.15) is 11.6 Å². The third-order valence-corrected chi connectivity index (χ3v) is 3.33. The number of aromatic nitrogens is 2. The summed E-state index contributed by atoms with van der Waals surface area (Å²) in [5.41, 5.74) is 1.13. The Bertz CT molecular complexity index is 420. The minimum absolute atomic E-state index is 0.0401. The molecule has 0 saturated carbocycles. The molecular weight excluding hydrogens is 238 g/mol. The number of rotatable bonds is 4. The van der Waals surface area contributed by atoms with E-state index in [0.29, 0.717) is 6.10 Å². The third-order valence-electron chi connectivity index (χ3n) is 3.33. The van der Waals surface area contributed by atoms with Gasteiger partial charge < -0.3 is 10.1 Å². The Morgan fingerprint density at radius 3 is 2.74 bits per heavy atom. The van der Waals surface area contributed by atoms with Crippen LogP contribution in [0.1, 0.15) is 52.1 Å². The zero-order chi connectivity index (χ0) is 13.9. The molecule has 2 heterocycles. The molecule has 1 aliphatic heterocycles. The van der Waals surface area contributed by atoms with E-state index in [1.165, 1.54) is 0 Å². The maximum absolute atomic E-state index is 5.68. The first-order chi connectivity index (χ1) is 8.99. The lowest BCUT2D eigenvalue weighted by Gasteiger charge is -2.20. The van der Waals surface area contributed by atoms with E-state index in [2.05, 4.69) is 44.1 Å². The number of nitrogens with zero attached hydrogens (tertiary/aromatic N) is 2. The number of hydrogen-bond donors (Lipinski definition) is 1. The van der Waals surface area contributed by atoms with Gasteiger partial charge in [-0.25, -0.2) is 9.97 Å². The summed E-state index contributed by atoms with van der Waals surface area (Å²) in [6.45, 7) is 10.4. The molecule has 0 amide bonds. The Labute approximate surface area is 116 Å². The highest BCUT2D eigenvalue weighted by molar-refractivity contribution is 5.38. The molecule has 106 valence electrons. The Hall–Kier alpha value is -1.16. The van der Waals surface area contributed by atoms with Crippen molar-refractivity contribution < 1.29 is 4.74 Å². The summed E-state index contributed by atoms with van der Waals surface area (Å²) in [4.78, 5) is 9.32. The van der Waals surface area contributed by atoms with Gasteiger partial charge in [-0.15, -0.1) is 0 Å². The van der Waals surface area contributed by atoms with Crippen LogP contribution in [0.4, 0.5) is 5.82 Å². The number of anilines is 1. The quantitative estimate of drug-likeness (QED) is 0.907. The second-order valence-electron chi connectivity index (χ2n) is 6.17. The zero-order valence-corrected chi connectivity index (χ0v) is 12.5. The van der Waals surface area contributed by atoms with E-state index >= 15 is 0 Å². The van der Waals surface area contributed by atoms with Crippen molar-refractivity contribution in [2.24, 2.45) is 0 Å². The number of nitrogens with one attached hydrogen (secondary N) is 1.